The van der Waals surface area contributed by atoms with Crippen LogP contribution in [0.15, 0.2) is 24.3 Å². The lowest BCUT2D eigenvalue weighted by Crippen LogP contribution is -2.33. The Labute approximate surface area is 120 Å². The van der Waals surface area contributed by atoms with E-state index >= 15 is 0 Å². The molecule has 0 heterocycles. The van der Waals surface area contributed by atoms with E-state index in [0.717, 1.165) is 24.4 Å². The van der Waals surface area contributed by atoms with Crippen molar-refractivity contribution in [2.75, 3.05) is 46.6 Å². The zero-order valence-corrected chi connectivity index (χ0v) is 11.9. The summed E-state index contributed by atoms with van der Waals surface area (Å²) >= 11 is 0. The van der Waals surface area contributed by atoms with Gasteiger partial charge in [-0.25, -0.2) is 0 Å². The third-order valence-electron chi connectivity index (χ3n) is 2.91. The van der Waals surface area contributed by atoms with Gasteiger partial charge in [-0.1, -0.05) is 12.1 Å². The molecule has 1 rings (SSSR count). The molecule has 0 amide bonds. The Kier molecular flexibility index (Phi) is 8.40. The number of ether oxygens (including phenoxy) is 2. The fourth-order valence-corrected chi connectivity index (χ4v) is 1.78. The molecule has 1 aromatic carbocycles. The molecule has 0 aliphatic rings. The fraction of sp³-hybridized carbons (Fsp3) is 0.533. The summed E-state index contributed by atoms with van der Waals surface area (Å²) in [6.07, 6.45) is 0.418. The smallest absolute Gasteiger partial charge is 0.119 e. The molecule has 0 aliphatic carbocycles. The van der Waals surface area contributed by atoms with Crippen LogP contribution in [-0.2, 0) is 11.2 Å². The zero-order valence-electron chi connectivity index (χ0n) is 11.9. The van der Waals surface area contributed by atoms with E-state index in [2.05, 4.69) is 11.0 Å². The maximum atomic E-state index is 8.98. The summed E-state index contributed by atoms with van der Waals surface area (Å²) < 4.78 is 10.7. The molecule has 0 aromatic heterocycles. The van der Waals surface area contributed by atoms with E-state index in [9.17, 15) is 0 Å². The highest BCUT2D eigenvalue weighted by Crippen LogP contribution is 2.12. The first kappa shape index (κ1) is 16.4. The highest BCUT2D eigenvalue weighted by molar-refractivity contribution is 5.28. The lowest BCUT2D eigenvalue weighted by Gasteiger charge is -2.20. The van der Waals surface area contributed by atoms with Crippen molar-refractivity contribution in [3.63, 3.8) is 0 Å². The van der Waals surface area contributed by atoms with Gasteiger partial charge in [0.2, 0.25) is 0 Å². The first-order valence-electron chi connectivity index (χ1n) is 6.71. The van der Waals surface area contributed by atoms with Crippen LogP contribution in [0.25, 0.3) is 0 Å². The number of nitrogens with zero attached hydrogens (tertiary/aromatic N) is 2. The third-order valence-corrected chi connectivity index (χ3v) is 2.91. The minimum atomic E-state index is 0.132. The minimum Gasteiger partial charge on any atom is -0.492 e. The highest BCUT2D eigenvalue weighted by Gasteiger charge is 2.04. The monoisotopic (exact) mass is 278 g/mol. The minimum absolute atomic E-state index is 0.132. The molecule has 110 valence electrons. The molecule has 1 N–H and O–H groups in total. The van der Waals surface area contributed by atoms with Crippen molar-refractivity contribution in [3.05, 3.63) is 29.8 Å². The summed E-state index contributed by atoms with van der Waals surface area (Å²) in [5.74, 6) is 0.794. The molecule has 0 fully saturated rings. The van der Waals surface area contributed by atoms with E-state index in [1.165, 1.54) is 0 Å². The Hall–Kier alpha value is -1.61. The second kappa shape index (κ2) is 10.2. The van der Waals surface area contributed by atoms with Gasteiger partial charge in [0.15, 0.2) is 0 Å². The number of aliphatic hydroxyl groups is 1. The number of aliphatic hydroxyl groups excluding tert-OH is 1. The third kappa shape index (κ3) is 6.53. The number of hydrogen-bond donors (Lipinski definition) is 1. The van der Waals surface area contributed by atoms with E-state index in [4.69, 9.17) is 19.8 Å². The Morgan fingerprint density at radius 3 is 2.45 bits per heavy atom. The topological polar surface area (TPSA) is 65.7 Å². The van der Waals surface area contributed by atoms with E-state index in [-0.39, 0.29) is 6.61 Å². The summed E-state index contributed by atoms with van der Waals surface area (Å²) in [6.45, 7) is 3.47. The average Bonchev–Trinajstić information content (AvgIpc) is 2.47. The van der Waals surface area contributed by atoms with Crippen LogP contribution in [0.1, 0.15) is 5.56 Å². The van der Waals surface area contributed by atoms with Crippen LogP contribution >= 0.6 is 0 Å². The van der Waals surface area contributed by atoms with Crippen LogP contribution in [0.2, 0.25) is 0 Å². The standard InChI is InChI=1S/C15H22N2O3/c1-19-12-9-17(8-11-18)10-13-20-15-4-2-14(3-5-15)6-7-16/h2-5,18H,6,8-13H2,1H3. The number of rotatable bonds is 10. The van der Waals surface area contributed by atoms with Crippen molar-refractivity contribution < 1.29 is 14.6 Å². The van der Waals surface area contributed by atoms with E-state index in [0.29, 0.717) is 26.2 Å². The first-order chi connectivity index (χ1) is 9.80. The molecule has 0 unspecified atom stereocenters. The molecule has 0 aliphatic heterocycles. The summed E-state index contributed by atoms with van der Waals surface area (Å²) in [4.78, 5) is 2.09. The molecule has 0 atom stereocenters. The Balaban J connectivity index is 2.32. The molecular weight excluding hydrogens is 256 g/mol. The molecule has 5 heteroatoms. The van der Waals surface area contributed by atoms with Gasteiger partial charge in [0.1, 0.15) is 12.4 Å². The van der Waals surface area contributed by atoms with Crippen molar-refractivity contribution in [3.8, 4) is 11.8 Å². The van der Waals surface area contributed by atoms with Gasteiger partial charge in [0.05, 0.1) is 25.7 Å². The number of nitriles is 1. The Morgan fingerprint density at radius 1 is 1.15 bits per heavy atom. The molecule has 0 spiro atoms. The quantitative estimate of drug-likeness (QED) is 0.693. The van der Waals surface area contributed by atoms with Crippen LogP contribution in [0.5, 0.6) is 5.75 Å². The maximum absolute atomic E-state index is 8.98. The molecule has 5 nitrogen and oxygen atoms in total. The van der Waals surface area contributed by atoms with Crippen LogP contribution in [-0.4, -0.2) is 56.6 Å². The van der Waals surface area contributed by atoms with Crippen LogP contribution in [0.3, 0.4) is 0 Å². The van der Waals surface area contributed by atoms with Gasteiger partial charge in [0, 0.05) is 26.7 Å². The van der Waals surface area contributed by atoms with Gasteiger partial charge < -0.3 is 14.6 Å². The highest BCUT2D eigenvalue weighted by atomic mass is 16.5. The fourth-order valence-electron chi connectivity index (χ4n) is 1.78. The van der Waals surface area contributed by atoms with Gasteiger partial charge in [-0.05, 0) is 17.7 Å². The van der Waals surface area contributed by atoms with Crippen molar-refractivity contribution in [2.24, 2.45) is 0 Å². The predicted octanol–water partition coefficient (Wildman–Crippen LogP) is 1.07. The lowest BCUT2D eigenvalue weighted by molar-refractivity contribution is 0.118. The zero-order chi connectivity index (χ0) is 14.6. The Morgan fingerprint density at radius 2 is 1.85 bits per heavy atom. The van der Waals surface area contributed by atoms with Gasteiger partial charge in [-0.3, -0.25) is 4.90 Å². The molecule has 1 aromatic rings. The van der Waals surface area contributed by atoms with Crippen molar-refractivity contribution in [1.82, 2.24) is 4.90 Å². The second-order valence-corrected chi connectivity index (χ2v) is 4.39. The number of benzene rings is 1. The largest absolute Gasteiger partial charge is 0.492 e. The van der Waals surface area contributed by atoms with Crippen molar-refractivity contribution >= 4 is 0 Å². The summed E-state index contributed by atoms with van der Waals surface area (Å²) in [5.41, 5.74) is 0.988. The summed E-state index contributed by atoms with van der Waals surface area (Å²) in [7, 11) is 1.66. The van der Waals surface area contributed by atoms with E-state index in [1.807, 2.05) is 24.3 Å². The first-order valence-corrected chi connectivity index (χ1v) is 6.71. The molecule has 0 bridgehead atoms. The van der Waals surface area contributed by atoms with Gasteiger partial charge in [-0.15, -0.1) is 0 Å². The maximum Gasteiger partial charge on any atom is 0.119 e. The SMILES string of the molecule is COCCN(CCO)CCOc1ccc(CC#N)cc1. The van der Waals surface area contributed by atoms with Gasteiger partial charge in [-0.2, -0.15) is 5.26 Å². The normalized spacial score (nSPS) is 10.5. The number of hydrogen-bond acceptors (Lipinski definition) is 5. The van der Waals surface area contributed by atoms with Crippen LogP contribution in [0, 0.1) is 11.3 Å². The Bertz CT molecular complexity index is 401. The second-order valence-electron chi connectivity index (χ2n) is 4.39. The molecule has 0 radical (unpaired) electrons. The van der Waals surface area contributed by atoms with Crippen LogP contribution < -0.4 is 4.74 Å². The molecular formula is C15H22N2O3. The summed E-state index contributed by atoms with van der Waals surface area (Å²) in [5, 5.41) is 17.6. The van der Waals surface area contributed by atoms with E-state index < -0.39 is 0 Å². The van der Waals surface area contributed by atoms with Crippen molar-refractivity contribution in [1.29, 1.82) is 5.26 Å². The molecule has 20 heavy (non-hydrogen) atoms. The predicted molar refractivity (Wildman–Crippen MR) is 76.7 cm³/mol. The van der Waals surface area contributed by atoms with E-state index in [1.54, 1.807) is 7.11 Å². The molecule has 0 saturated carbocycles. The van der Waals surface area contributed by atoms with Gasteiger partial charge in [0.25, 0.3) is 0 Å². The lowest BCUT2D eigenvalue weighted by atomic mass is 10.2. The summed E-state index contributed by atoms with van der Waals surface area (Å²) in [6, 6.07) is 9.65. The van der Waals surface area contributed by atoms with Gasteiger partial charge >= 0.3 is 0 Å². The van der Waals surface area contributed by atoms with Crippen LogP contribution in [0.4, 0.5) is 0 Å². The average molecular weight is 278 g/mol. The molecule has 0 saturated heterocycles. The van der Waals surface area contributed by atoms with Crippen molar-refractivity contribution in [2.45, 2.75) is 6.42 Å². The number of methoxy groups -OCH3 is 1.